The highest BCUT2D eigenvalue weighted by atomic mass is 16.2. The van der Waals surface area contributed by atoms with E-state index in [0.717, 1.165) is 19.6 Å². The molecule has 104 valence electrons. The van der Waals surface area contributed by atoms with Crippen LogP contribution >= 0.6 is 0 Å². The Balaban J connectivity index is 2.61. The van der Waals surface area contributed by atoms with Crippen molar-refractivity contribution in [2.24, 2.45) is 5.73 Å². The molecule has 1 aliphatic heterocycles. The van der Waals surface area contributed by atoms with Gasteiger partial charge in [0.2, 0.25) is 5.91 Å². The molecule has 0 aromatic carbocycles. The van der Waals surface area contributed by atoms with E-state index in [1.807, 2.05) is 7.05 Å². The fourth-order valence-corrected chi connectivity index (χ4v) is 2.17. The van der Waals surface area contributed by atoms with E-state index in [-0.39, 0.29) is 18.0 Å². The summed E-state index contributed by atoms with van der Waals surface area (Å²) < 4.78 is 0. The van der Waals surface area contributed by atoms with Crippen LogP contribution in [0.3, 0.4) is 0 Å². The van der Waals surface area contributed by atoms with Crippen LogP contribution in [-0.4, -0.2) is 74.1 Å². The second-order valence-corrected chi connectivity index (χ2v) is 4.63. The lowest BCUT2D eigenvalue weighted by molar-refractivity contribution is -0.126. The molecular weight excluding hydrogens is 234 g/mol. The first-order valence-corrected chi connectivity index (χ1v) is 6.16. The average molecular weight is 257 g/mol. The van der Waals surface area contributed by atoms with Crippen LogP contribution < -0.4 is 16.4 Å². The minimum absolute atomic E-state index is 0.147. The molecule has 2 atom stereocenters. The van der Waals surface area contributed by atoms with Crippen LogP contribution in [0.5, 0.6) is 0 Å². The molecule has 0 aromatic heterocycles. The van der Waals surface area contributed by atoms with Crippen LogP contribution in [-0.2, 0) is 4.79 Å². The van der Waals surface area contributed by atoms with Crippen molar-refractivity contribution < 1.29 is 9.59 Å². The summed E-state index contributed by atoms with van der Waals surface area (Å²) in [5.74, 6) is -0.294. The van der Waals surface area contributed by atoms with Gasteiger partial charge in [0.25, 0.3) is 0 Å². The van der Waals surface area contributed by atoms with Crippen LogP contribution in [0.25, 0.3) is 0 Å². The first-order chi connectivity index (χ1) is 8.49. The van der Waals surface area contributed by atoms with Gasteiger partial charge in [-0.25, -0.2) is 4.79 Å². The van der Waals surface area contributed by atoms with Crippen molar-refractivity contribution in [3.8, 4) is 0 Å². The molecule has 1 rings (SSSR count). The van der Waals surface area contributed by atoms with Crippen molar-refractivity contribution in [3.05, 3.63) is 0 Å². The maximum atomic E-state index is 11.9. The Morgan fingerprint density at radius 2 is 2.11 bits per heavy atom. The van der Waals surface area contributed by atoms with Gasteiger partial charge in [0.05, 0.1) is 6.04 Å². The van der Waals surface area contributed by atoms with Crippen molar-refractivity contribution in [1.29, 1.82) is 0 Å². The Kier molecular flexibility index (Phi) is 5.52. The summed E-state index contributed by atoms with van der Waals surface area (Å²) in [7, 11) is 3.51. The number of imide groups is 1. The molecule has 4 N–H and O–H groups in total. The number of likely N-dealkylation sites (N-methyl/N-ethyl adjacent to an activating group) is 1. The summed E-state index contributed by atoms with van der Waals surface area (Å²) in [6, 6.07) is -0.691. The largest absolute Gasteiger partial charge is 0.341 e. The Hall–Kier alpha value is -1.18. The maximum absolute atomic E-state index is 11.9. The van der Waals surface area contributed by atoms with Gasteiger partial charge < -0.3 is 16.0 Å². The molecule has 2 unspecified atom stereocenters. The van der Waals surface area contributed by atoms with Crippen LogP contribution in [0, 0.1) is 0 Å². The average Bonchev–Trinajstić information content (AvgIpc) is 2.37. The van der Waals surface area contributed by atoms with E-state index in [0.29, 0.717) is 6.54 Å². The number of nitrogens with one attached hydrogen (secondary N) is 2. The summed E-state index contributed by atoms with van der Waals surface area (Å²) >= 11 is 0. The third kappa shape index (κ3) is 3.66. The molecule has 7 nitrogen and oxygen atoms in total. The van der Waals surface area contributed by atoms with Gasteiger partial charge in [0.1, 0.15) is 0 Å². The third-order valence-electron chi connectivity index (χ3n) is 3.34. The number of nitrogens with two attached hydrogens (primary N) is 1. The highest BCUT2D eigenvalue weighted by Gasteiger charge is 2.31. The Morgan fingerprint density at radius 3 is 2.67 bits per heavy atom. The van der Waals surface area contributed by atoms with Crippen LogP contribution in [0.4, 0.5) is 4.79 Å². The fraction of sp³-hybridized carbons (Fsp3) is 0.818. The molecule has 7 heteroatoms. The number of carbonyl (C=O) groups is 2. The fourth-order valence-electron chi connectivity index (χ4n) is 2.17. The van der Waals surface area contributed by atoms with Gasteiger partial charge in [-0.1, -0.05) is 0 Å². The van der Waals surface area contributed by atoms with Crippen molar-refractivity contribution in [3.63, 3.8) is 0 Å². The number of hydrogen-bond acceptors (Lipinski definition) is 5. The molecule has 0 saturated carbocycles. The highest BCUT2D eigenvalue weighted by Crippen LogP contribution is 2.11. The smallest absolute Gasteiger partial charge is 0.321 e. The molecule has 0 aliphatic carbocycles. The minimum atomic E-state index is -0.481. The van der Waals surface area contributed by atoms with Crippen molar-refractivity contribution >= 4 is 11.9 Å². The molecule has 1 heterocycles. The number of urea groups is 1. The maximum Gasteiger partial charge on any atom is 0.321 e. The number of carbonyl (C=O) groups excluding carboxylic acids is 2. The van der Waals surface area contributed by atoms with E-state index in [1.54, 1.807) is 6.92 Å². The van der Waals surface area contributed by atoms with E-state index < -0.39 is 6.03 Å². The number of rotatable bonds is 3. The first kappa shape index (κ1) is 14.9. The number of hydrogen-bond donors (Lipinski definition) is 3. The molecule has 1 fully saturated rings. The quantitative estimate of drug-likeness (QED) is 0.567. The standard InChI is InChI=1S/C11H23N5O2/c1-8(10(17)14-11(18)13-2)16-5-4-15(3)7-9(16)6-12/h8-9H,4-7,12H2,1-3H3,(H2,13,14,17,18). The minimum Gasteiger partial charge on any atom is -0.341 e. The summed E-state index contributed by atoms with van der Waals surface area (Å²) in [4.78, 5) is 27.3. The molecule has 3 amide bonds. The Bertz CT molecular complexity index is 310. The summed E-state index contributed by atoms with van der Waals surface area (Å²) in [6.07, 6.45) is 0. The highest BCUT2D eigenvalue weighted by molar-refractivity contribution is 5.96. The lowest BCUT2D eigenvalue weighted by Gasteiger charge is -2.42. The molecular formula is C11H23N5O2. The molecule has 0 bridgehead atoms. The van der Waals surface area contributed by atoms with Gasteiger partial charge in [-0.3, -0.25) is 15.0 Å². The Morgan fingerprint density at radius 1 is 1.44 bits per heavy atom. The summed E-state index contributed by atoms with van der Waals surface area (Å²) in [5.41, 5.74) is 5.74. The third-order valence-corrected chi connectivity index (χ3v) is 3.34. The van der Waals surface area contributed by atoms with Crippen LogP contribution in [0.1, 0.15) is 6.92 Å². The molecule has 18 heavy (non-hydrogen) atoms. The lowest BCUT2D eigenvalue weighted by atomic mass is 10.1. The van der Waals surface area contributed by atoms with E-state index in [9.17, 15) is 9.59 Å². The molecule has 0 radical (unpaired) electrons. The van der Waals surface area contributed by atoms with Crippen LogP contribution in [0.15, 0.2) is 0 Å². The van der Waals surface area contributed by atoms with Gasteiger partial charge >= 0.3 is 6.03 Å². The van der Waals surface area contributed by atoms with Gasteiger partial charge in [0, 0.05) is 39.3 Å². The van der Waals surface area contributed by atoms with Gasteiger partial charge in [-0.15, -0.1) is 0 Å². The zero-order valence-corrected chi connectivity index (χ0v) is 11.3. The van der Waals surface area contributed by atoms with Crippen molar-refractivity contribution in [2.45, 2.75) is 19.0 Å². The monoisotopic (exact) mass is 257 g/mol. The van der Waals surface area contributed by atoms with E-state index >= 15 is 0 Å². The summed E-state index contributed by atoms with van der Waals surface area (Å²) in [6.45, 7) is 4.82. The number of nitrogens with zero attached hydrogens (tertiary/aromatic N) is 2. The van der Waals surface area contributed by atoms with E-state index in [2.05, 4.69) is 20.4 Å². The molecule has 0 spiro atoms. The molecule has 1 saturated heterocycles. The van der Waals surface area contributed by atoms with Crippen molar-refractivity contribution in [1.82, 2.24) is 20.4 Å². The van der Waals surface area contributed by atoms with Crippen molar-refractivity contribution in [2.75, 3.05) is 40.3 Å². The summed E-state index contributed by atoms with van der Waals surface area (Å²) in [5, 5.41) is 4.66. The van der Waals surface area contributed by atoms with Gasteiger partial charge in [-0.05, 0) is 14.0 Å². The normalized spacial score (nSPS) is 23.4. The van der Waals surface area contributed by atoms with E-state index in [1.165, 1.54) is 7.05 Å². The zero-order valence-electron chi connectivity index (χ0n) is 11.3. The number of amides is 3. The predicted molar refractivity (Wildman–Crippen MR) is 69.1 cm³/mol. The Labute approximate surface area is 108 Å². The van der Waals surface area contributed by atoms with E-state index in [4.69, 9.17) is 5.73 Å². The van der Waals surface area contributed by atoms with Gasteiger partial charge in [0.15, 0.2) is 0 Å². The predicted octanol–water partition coefficient (Wildman–Crippen LogP) is -1.59. The second kappa shape index (κ2) is 6.67. The number of piperazine rings is 1. The van der Waals surface area contributed by atoms with Gasteiger partial charge in [-0.2, -0.15) is 0 Å². The molecule has 1 aliphatic rings. The molecule has 0 aromatic rings. The SMILES string of the molecule is CNC(=O)NC(=O)C(C)N1CCN(C)CC1CN. The topological polar surface area (TPSA) is 90.7 Å². The zero-order chi connectivity index (χ0) is 13.7. The first-order valence-electron chi connectivity index (χ1n) is 6.16. The lowest BCUT2D eigenvalue weighted by Crippen LogP contribution is -2.61. The second-order valence-electron chi connectivity index (χ2n) is 4.63. The van der Waals surface area contributed by atoms with Crippen LogP contribution in [0.2, 0.25) is 0 Å².